The van der Waals surface area contributed by atoms with Gasteiger partial charge in [0, 0.05) is 56.3 Å². The molecule has 0 spiro atoms. The second-order valence-electron chi connectivity index (χ2n) is 10.6. The number of aliphatic hydroxyl groups excluding tert-OH is 1. The van der Waals surface area contributed by atoms with Crippen LogP contribution in [0.1, 0.15) is 39.3 Å². The summed E-state index contributed by atoms with van der Waals surface area (Å²) in [7, 11) is 1.68. The van der Waals surface area contributed by atoms with Crippen LogP contribution in [0.4, 0.5) is 11.6 Å². The molecule has 9 nitrogen and oxygen atoms in total. The van der Waals surface area contributed by atoms with Gasteiger partial charge in [-0.25, -0.2) is 15.0 Å². The highest BCUT2D eigenvalue weighted by molar-refractivity contribution is 7.99. The number of nitrogens with zero attached hydrogens (tertiary/aromatic N) is 5. The van der Waals surface area contributed by atoms with Crippen molar-refractivity contribution in [3.05, 3.63) is 29.2 Å². The minimum atomic E-state index is -0.726. The molecule has 2 aromatic rings. The first-order valence-corrected chi connectivity index (χ1v) is 13.5. The van der Waals surface area contributed by atoms with Crippen molar-refractivity contribution in [1.82, 2.24) is 15.0 Å². The van der Waals surface area contributed by atoms with Gasteiger partial charge in [-0.2, -0.15) is 0 Å². The van der Waals surface area contributed by atoms with E-state index in [9.17, 15) is 10.2 Å². The Bertz CT molecular complexity index is 1050. The van der Waals surface area contributed by atoms with Gasteiger partial charge in [0.2, 0.25) is 0 Å². The summed E-state index contributed by atoms with van der Waals surface area (Å²) < 4.78 is 5.27. The number of halogens is 1. The second kappa shape index (κ2) is 11.0. The molecule has 0 saturated carbocycles. The number of methoxy groups -OCH3 is 1. The quantitative estimate of drug-likeness (QED) is 0.441. The van der Waals surface area contributed by atoms with E-state index in [0.29, 0.717) is 47.1 Å². The maximum atomic E-state index is 10.2. The lowest BCUT2D eigenvalue weighted by atomic mass is 9.74. The molecule has 4 heterocycles. The molecule has 2 aromatic heterocycles. The van der Waals surface area contributed by atoms with E-state index < -0.39 is 5.60 Å². The highest BCUT2D eigenvalue weighted by atomic mass is 35.5. The molecule has 0 aromatic carbocycles. The number of aromatic nitrogens is 3. The first kappa shape index (κ1) is 27.3. The van der Waals surface area contributed by atoms with Crippen molar-refractivity contribution in [2.75, 3.05) is 49.7 Å². The lowest BCUT2D eigenvalue weighted by molar-refractivity contribution is 0.00438. The Morgan fingerprint density at radius 3 is 2.56 bits per heavy atom. The number of nitrogens with two attached hydrogens (primary N) is 1. The van der Waals surface area contributed by atoms with Crippen molar-refractivity contribution in [3.63, 3.8) is 0 Å². The van der Waals surface area contributed by atoms with Crippen LogP contribution in [-0.4, -0.2) is 76.7 Å². The Kier molecular flexibility index (Phi) is 8.33. The van der Waals surface area contributed by atoms with E-state index in [-0.39, 0.29) is 24.0 Å². The molecule has 0 amide bonds. The van der Waals surface area contributed by atoms with Crippen LogP contribution in [0.3, 0.4) is 0 Å². The summed E-state index contributed by atoms with van der Waals surface area (Å²) >= 11 is 8.12. The summed E-state index contributed by atoms with van der Waals surface area (Å²) in [4.78, 5) is 18.9. The van der Waals surface area contributed by atoms with Crippen molar-refractivity contribution >= 4 is 35.0 Å². The van der Waals surface area contributed by atoms with Crippen LogP contribution in [0.25, 0.3) is 0 Å². The number of pyridine rings is 1. The number of anilines is 2. The number of rotatable bonds is 9. The Morgan fingerprint density at radius 1 is 1.25 bits per heavy atom. The molecule has 2 aliphatic rings. The SMILES string of the molecule is COCC(N)C1(C)CCN(c2ncc(Sc3ccnc(N4CC(C(C)(C)O)C4)c3Cl)nc2CO)CC1. The Labute approximate surface area is 222 Å². The van der Waals surface area contributed by atoms with Crippen molar-refractivity contribution in [2.24, 2.45) is 17.1 Å². The Balaban J connectivity index is 1.45. The lowest BCUT2D eigenvalue weighted by Gasteiger charge is -2.46. The third-order valence-corrected chi connectivity index (χ3v) is 9.08. The predicted molar refractivity (Wildman–Crippen MR) is 143 cm³/mol. The van der Waals surface area contributed by atoms with E-state index in [0.717, 1.165) is 30.8 Å². The largest absolute Gasteiger partial charge is 0.390 e. The Hall–Kier alpha value is -1.69. The van der Waals surface area contributed by atoms with Gasteiger partial charge >= 0.3 is 0 Å². The van der Waals surface area contributed by atoms with Crippen molar-refractivity contribution < 1.29 is 14.9 Å². The molecular weight excluding hydrogens is 500 g/mol. The van der Waals surface area contributed by atoms with Gasteiger partial charge in [0.25, 0.3) is 0 Å². The topological polar surface area (TPSA) is 121 Å². The maximum Gasteiger partial charge on any atom is 0.152 e. The fraction of sp³-hybridized carbons (Fsp3) is 0.640. The van der Waals surface area contributed by atoms with E-state index in [1.807, 2.05) is 19.9 Å². The highest BCUT2D eigenvalue weighted by Crippen LogP contribution is 2.41. The molecule has 0 aliphatic carbocycles. The minimum absolute atomic E-state index is 0.00825. The van der Waals surface area contributed by atoms with E-state index in [1.54, 1.807) is 19.5 Å². The third-order valence-electron chi connectivity index (χ3n) is 7.63. The summed E-state index contributed by atoms with van der Waals surface area (Å²) in [5, 5.41) is 21.5. The summed E-state index contributed by atoms with van der Waals surface area (Å²) in [6.45, 7) is 9.22. The smallest absolute Gasteiger partial charge is 0.152 e. The zero-order chi connectivity index (χ0) is 26.1. The average molecular weight is 537 g/mol. The normalized spacial score (nSPS) is 19.3. The summed E-state index contributed by atoms with van der Waals surface area (Å²) in [6.07, 6.45) is 5.30. The number of hydrogen-bond donors (Lipinski definition) is 3. The first-order valence-electron chi connectivity index (χ1n) is 12.3. The van der Waals surface area contributed by atoms with E-state index in [1.165, 1.54) is 11.8 Å². The van der Waals surface area contributed by atoms with E-state index >= 15 is 0 Å². The fourth-order valence-corrected chi connectivity index (χ4v) is 5.87. The summed E-state index contributed by atoms with van der Waals surface area (Å²) in [5.74, 6) is 1.60. The zero-order valence-corrected chi connectivity index (χ0v) is 23.0. The highest BCUT2D eigenvalue weighted by Gasteiger charge is 2.39. The molecule has 1 atom stereocenters. The second-order valence-corrected chi connectivity index (χ2v) is 12.1. The third kappa shape index (κ3) is 5.74. The molecule has 2 fully saturated rings. The molecule has 4 rings (SSSR count). The zero-order valence-electron chi connectivity index (χ0n) is 21.4. The molecule has 0 bridgehead atoms. The fourth-order valence-electron chi connectivity index (χ4n) is 4.73. The van der Waals surface area contributed by atoms with Crippen LogP contribution in [0.15, 0.2) is 28.4 Å². The standard InChI is InChI=1S/C25H37ClN6O3S/c1-24(2,34)16-12-32(13-16)23-21(26)18(5-8-28-23)36-20-11-29-22(17(14-33)30-20)31-9-6-25(3,7-10-31)19(27)15-35-4/h5,8,11,16,19,33-34H,6-7,9-10,12-15,27H2,1-4H3. The van der Waals surface area contributed by atoms with Gasteiger partial charge in [-0.15, -0.1) is 0 Å². The van der Waals surface area contributed by atoms with Crippen LogP contribution in [0.2, 0.25) is 5.02 Å². The van der Waals surface area contributed by atoms with Crippen molar-refractivity contribution in [2.45, 2.75) is 61.8 Å². The van der Waals surface area contributed by atoms with Crippen LogP contribution in [0.5, 0.6) is 0 Å². The van der Waals surface area contributed by atoms with Crippen LogP contribution in [0, 0.1) is 11.3 Å². The van der Waals surface area contributed by atoms with E-state index in [2.05, 4.69) is 26.7 Å². The van der Waals surface area contributed by atoms with Gasteiger partial charge in [-0.3, -0.25) is 0 Å². The van der Waals surface area contributed by atoms with Gasteiger partial charge in [-0.05, 0) is 38.2 Å². The molecule has 0 radical (unpaired) electrons. The molecule has 36 heavy (non-hydrogen) atoms. The monoisotopic (exact) mass is 536 g/mol. The van der Waals surface area contributed by atoms with Gasteiger partial charge in [-0.1, -0.05) is 30.3 Å². The Morgan fingerprint density at radius 2 is 1.94 bits per heavy atom. The van der Waals surface area contributed by atoms with Gasteiger partial charge in [0.1, 0.15) is 16.5 Å². The predicted octanol–water partition coefficient (Wildman–Crippen LogP) is 2.96. The van der Waals surface area contributed by atoms with Crippen LogP contribution >= 0.6 is 23.4 Å². The summed E-state index contributed by atoms with van der Waals surface area (Å²) in [5.41, 5.74) is 6.19. The molecule has 198 valence electrons. The molecule has 2 aliphatic heterocycles. The average Bonchev–Trinajstić information content (AvgIpc) is 2.80. The molecule has 2 saturated heterocycles. The maximum absolute atomic E-state index is 10.2. The number of ether oxygens (including phenoxy) is 1. The van der Waals surface area contributed by atoms with Gasteiger partial charge in [0.15, 0.2) is 5.82 Å². The first-order chi connectivity index (χ1) is 17.1. The van der Waals surface area contributed by atoms with E-state index in [4.69, 9.17) is 27.1 Å². The summed E-state index contributed by atoms with van der Waals surface area (Å²) in [6, 6.07) is 1.84. The van der Waals surface area contributed by atoms with Crippen LogP contribution in [-0.2, 0) is 11.3 Å². The molecular formula is C25H37ClN6O3S. The number of piperidine rings is 1. The number of aliphatic hydroxyl groups is 2. The minimum Gasteiger partial charge on any atom is -0.390 e. The van der Waals surface area contributed by atoms with Crippen LogP contribution < -0.4 is 15.5 Å². The van der Waals surface area contributed by atoms with Gasteiger partial charge < -0.3 is 30.5 Å². The van der Waals surface area contributed by atoms with Crippen molar-refractivity contribution in [1.29, 1.82) is 0 Å². The van der Waals surface area contributed by atoms with Crippen molar-refractivity contribution in [3.8, 4) is 0 Å². The van der Waals surface area contributed by atoms with Gasteiger partial charge in [0.05, 0.1) is 30.0 Å². The number of hydrogen-bond acceptors (Lipinski definition) is 10. The molecule has 4 N–H and O–H groups in total. The molecule has 1 unspecified atom stereocenters. The molecule has 11 heteroatoms. The lowest BCUT2D eigenvalue weighted by Crippen LogP contribution is -2.56.